The second-order valence-electron chi connectivity index (χ2n) is 5.91. The fraction of sp³-hybridized carbons (Fsp3) is 0.529. The molecule has 140 valence electrons. The molecule has 0 saturated carbocycles. The van der Waals surface area contributed by atoms with E-state index in [4.69, 9.17) is 4.74 Å². The molecule has 0 spiro atoms. The van der Waals surface area contributed by atoms with Gasteiger partial charge in [-0.1, -0.05) is 22.9 Å². The van der Waals surface area contributed by atoms with Crippen LogP contribution in [0.2, 0.25) is 0 Å². The Balaban J connectivity index is 0.00000312. The van der Waals surface area contributed by atoms with Gasteiger partial charge in [-0.05, 0) is 31.3 Å². The molecular formula is C17H25BrClN3O3. The van der Waals surface area contributed by atoms with Crippen LogP contribution in [0.4, 0.5) is 0 Å². The first kappa shape index (κ1) is 21.7. The van der Waals surface area contributed by atoms with E-state index in [-0.39, 0.29) is 36.7 Å². The molecule has 1 atom stereocenters. The highest BCUT2D eigenvalue weighted by molar-refractivity contribution is 9.10. The molecule has 0 aliphatic carbocycles. The van der Waals surface area contributed by atoms with Crippen LogP contribution in [0.15, 0.2) is 28.7 Å². The number of carbonyl (C=O) groups is 2. The molecule has 25 heavy (non-hydrogen) atoms. The molecule has 2 amide bonds. The predicted octanol–water partition coefficient (Wildman–Crippen LogP) is 1.78. The summed E-state index contributed by atoms with van der Waals surface area (Å²) in [5, 5.41) is 3.02. The third-order valence-electron chi connectivity index (χ3n) is 4.05. The first-order chi connectivity index (χ1) is 11.5. The molecule has 1 aliphatic heterocycles. The van der Waals surface area contributed by atoms with Crippen molar-refractivity contribution < 1.29 is 14.3 Å². The second kappa shape index (κ2) is 10.6. The lowest BCUT2D eigenvalue weighted by Gasteiger charge is -2.36. The molecule has 1 aromatic rings. The molecule has 1 aromatic carbocycles. The number of piperazine rings is 1. The van der Waals surface area contributed by atoms with Gasteiger partial charge in [0.05, 0.1) is 0 Å². The summed E-state index contributed by atoms with van der Waals surface area (Å²) >= 11 is 3.36. The maximum absolute atomic E-state index is 12.3. The third-order valence-corrected chi connectivity index (χ3v) is 4.58. The largest absolute Gasteiger partial charge is 0.484 e. The third kappa shape index (κ3) is 6.49. The van der Waals surface area contributed by atoms with Crippen LogP contribution in [-0.2, 0) is 9.59 Å². The highest BCUT2D eigenvalue weighted by Gasteiger charge is 2.26. The van der Waals surface area contributed by atoms with Gasteiger partial charge < -0.3 is 19.9 Å². The van der Waals surface area contributed by atoms with Crippen molar-refractivity contribution in [3.05, 3.63) is 28.7 Å². The fourth-order valence-corrected chi connectivity index (χ4v) is 2.91. The van der Waals surface area contributed by atoms with E-state index >= 15 is 0 Å². The number of hydrogen-bond donors (Lipinski definition) is 1. The van der Waals surface area contributed by atoms with E-state index < -0.39 is 0 Å². The Labute approximate surface area is 163 Å². The number of carbonyl (C=O) groups excluding carboxylic acids is 2. The second-order valence-corrected chi connectivity index (χ2v) is 6.82. The van der Waals surface area contributed by atoms with E-state index in [1.165, 1.54) is 0 Å². The van der Waals surface area contributed by atoms with Gasteiger partial charge in [-0.15, -0.1) is 12.4 Å². The van der Waals surface area contributed by atoms with E-state index in [2.05, 4.69) is 21.2 Å². The SMILES string of the molecule is CNCC(C)C(=O)N1CCN(C(=O)COc2ccc(Br)cc2)CC1.Cl. The van der Waals surface area contributed by atoms with E-state index in [0.717, 1.165) is 4.47 Å². The number of ether oxygens (including phenoxy) is 1. The van der Waals surface area contributed by atoms with Gasteiger partial charge in [0.2, 0.25) is 5.91 Å². The number of nitrogens with one attached hydrogen (secondary N) is 1. The summed E-state index contributed by atoms with van der Waals surface area (Å²) in [6.07, 6.45) is 0. The van der Waals surface area contributed by atoms with Gasteiger partial charge in [0.15, 0.2) is 6.61 Å². The van der Waals surface area contributed by atoms with Crippen molar-refractivity contribution >= 4 is 40.2 Å². The lowest BCUT2D eigenvalue weighted by Crippen LogP contribution is -2.53. The van der Waals surface area contributed by atoms with E-state index in [0.29, 0.717) is 38.5 Å². The highest BCUT2D eigenvalue weighted by atomic mass is 79.9. The van der Waals surface area contributed by atoms with E-state index in [1.807, 2.05) is 43.1 Å². The highest BCUT2D eigenvalue weighted by Crippen LogP contribution is 2.16. The van der Waals surface area contributed by atoms with Crippen molar-refractivity contribution in [3.63, 3.8) is 0 Å². The molecule has 8 heteroatoms. The first-order valence-corrected chi connectivity index (χ1v) is 8.90. The number of amides is 2. The summed E-state index contributed by atoms with van der Waals surface area (Å²) in [4.78, 5) is 28.1. The number of halogens is 2. The van der Waals surface area contributed by atoms with Crippen LogP contribution in [0.25, 0.3) is 0 Å². The van der Waals surface area contributed by atoms with Crippen LogP contribution < -0.4 is 10.1 Å². The normalized spacial score (nSPS) is 15.3. The van der Waals surface area contributed by atoms with Crippen molar-refractivity contribution in [3.8, 4) is 5.75 Å². The molecule has 1 fully saturated rings. The van der Waals surface area contributed by atoms with Crippen molar-refractivity contribution in [2.24, 2.45) is 5.92 Å². The Morgan fingerprint density at radius 3 is 2.28 bits per heavy atom. The van der Waals surface area contributed by atoms with Crippen LogP contribution in [0.3, 0.4) is 0 Å². The summed E-state index contributed by atoms with van der Waals surface area (Å²) in [6.45, 7) is 4.88. The zero-order valence-corrected chi connectivity index (χ0v) is 16.9. The van der Waals surface area contributed by atoms with Gasteiger partial charge in [-0.25, -0.2) is 0 Å². The molecule has 6 nitrogen and oxygen atoms in total. The average Bonchev–Trinajstić information content (AvgIpc) is 2.60. The van der Waals surface area contributed by atoms with E-state index in [9.17, 15) is 9.59 Å². The van der Waals surface area contributed by atoms with E-state index in [1.54, 1.807) is 4.90 Å². The van der Waals surface area contributed by atoms with Gasteiger partial charge in [-0.3, -0.25) is 9.59 Å². The summed E-state index contributed by atoms with van der Waals surface area (Å²) < 4.78 is 6.49. The molecule has 0 bridgehead atoms. The Kier molecular flexibility index (Phi) is 9.24. The zero-order chi connectivity index (χ0) is 17.5. The number of nitrogens with zero attached hydrogens (tertiary/aromatic N) is 2. The Morgan fingerprint density at radius 1 is 1.16 bits per heavy atom. The van der Waals surface area contributed by atoms with Crippen molar-refractivity contribution in [2.75, 3.05) is 46.4 Å². The van der Waals surface area contributed by atoms with Crippen LogP contribution >= 0.6 is 28.3 Å². The van der Waals surface area contributed by atoms with Crippen LogP contribution in [0.5, 0.6) is 5.75 Å². The number of hydrogen-bond acceptors (Lipinski definition) is 4. The van der Waals surface area contributed by atoms with Gasteiger partial charge in [0, 0.05) is 43.1 Å². The first-order valence-electron chi connectivity index (χ1n) is 8.10. The van der Waals surface area contributed by atoms with Crippen molar-refractivity contribution in [1.82, 2.24) is 15.1 Å². The smallest absolute Gasteiger partial charge is 0.260 e. The van der Waals surface area contributed by atoms with Crippen molar-refractivity contribution in [1.29, 1.82) is 0 Å². The Bertz CT molecular complexity index is 563. The topological polar surface area (TPSA) is 61.9 Å². The molecule has 2 rings (SSSR count). The van der Waals surface area contributed by atoms with Crippen LogP contribution in [0, 0.1) is 5.92 Å². The summed E-state index contributed by atoms with van der Waals surface area (Å²) in [5.74, 6) is 0.718. The van der Waals surface area contributed by atoms with Crippen LogP contribution in [-0.4, -0.2) is 68.0 Å². The van der Waals surface area contributed by atoms with Crippen LogP contribution in [0.1, 0.15) is 6.92 Å². The standard InChI is InChI=1S/C17H24BrN3O3.ClH/c1-13(11-19-2)17(23)21-9-7-20(8-10-21)16(22)12-24-15-5-3-14(18)4-6-15;/h3-6,13,19H,7-12H2,1-2H3;1H. The minimum Gasteiger partial charge on any atom is -0.484 e. The summed E-state index contributed by atoms with van der Waals surface area (Å²) in [6, 6.07) is 7.38. The number of rotatable bonds is 6. The zero-order valence-electron chi connectivity index (χ0n) is 14.5. The molecule has 1 saturated heterocycles. The quantitative estimate of drug-likeness (QED) is 0.741. The molecule has 1 heterocycles. The molecule has 1 N–H and O–H groups in total. The molecule has 0 radical (unpaired) electrons. The molecule has 0 aromatic heterocycles. The Morgan fingerprint density at radius 2 is 1.72 bits per heavy atom. The molecule has 1 aliphatic rings. The fourth-order valence-electron chi connectivity index (χ4n) is 2.65. The van der Waals surface area contributed by atoms with Gasteiger partial charge >= 0.3 is 0 Å². The molecular weight excluding hydrogens is 410 g/mol. The van der Waals surface area contributed by atoms with Gasteiger partial charge in [0.25, 0.3) is 5.91 Å². The lowest BCUT2D eigenvalue weighted by molar-refractivity contribution is -0.142. The van der Waals surface area contributed by atoms with Gasteiger partial charge in [-0.2, -0.15) is 0 Å². The summed E-state index contributed by atoms with van der Waals surface area (Å²) in [7, 11) is 1.84. The minimum atomic E-state index is -0.0479. The maximum Gasteiger partial charge on any atom is 0.260 e. The molecule has 1 unspecified atom stereocenters. The maximum atomic E-state index is 12.3. The Hall–Kier alpha value is -1.31. The predicted molar refractivity (Wildman–Crippen MR) is 103 cm³/mol. The number of benzene rings is 1. The van der Waals surface area contributed by atoms with Gasteiger partial charge in [0.1, 0.15) is 5.75 Å². The summed E-state index contributed by atoms with van der Waals surface area (Å²) in [5.41, 5.74) is 0. The monoisotopic (exact) mass is 433 g/mol. The lowest BCUT2D eigenvalue weighted by atomic mass is 10.1. The van der Waals surface area contributed by atoms with Crippen molar-refractivity contribution in [2.45, 2.75) is 6.92 Å². The minimum absolute atomic E-state index is 0. The average molecular weight is 435 g/mol.